The third kappa shape index (κ3) is 3.13. The van der Waals surface area contributed by atoms with Gasteiger partial charge in [-0.3, -0.25) is 4.79 Å². The number of carbonyl (C=O) groups excluding carboxylic acids is 1. The first-order valence-corrected chi connectivity index (χ1v) is 8.10. The van der Waals surface area contributed by atoms with Gasteiger partial charge in [-0.2, -0.15) is 0 Å². The van der Waals surface area contributed by atoms with Crippen molar-refractivity contribution < 1.29 is 4.79 Å². The van der Waals surface area contributed by atoms with Crippen molar-refractivity contribution in [2.24, 2.45) is 0 Å². The van der Waals surface area contributed by atoms with Gasteiger partial charge in [-0.25, -0.2) is 0 Å². The molecule has 2 aromatic rings. The van der Waals surface area contributed by atoms with E-state index in [2.05, 4.69) is 49.5 Å². The van der Waals surface area contributed by atoms with E-state index in [1.54, 1.807) is 11.8 Å². The molecule has 2 nitrogen and oxygen atoms in total. The lowest BCUT2D eigenvalue weighted by molar-refractivity contribution is -0.120. The Bertz CT molecular complexity index is 656. The van der Waals surface area contributed by atoms with E-state index in [0.29, 0.717) is 6.54 Å². The maximum absolute atomic E-state index is 12.3. The topological polar surface area (TPSA) is 29.1 Å². The average Bonchev–Trinajstić information content (AvgIpc) is 2.90. The highest BCUT2D eigenvalue weighted by Crippen LogP contribution is 2.36. The zero-order valence-electron chi connectivity index (χ0n) is 12.3. The summed E-state index contributed by atoms with van der Waals surface area (Å²) in [6, 6.07) is 14.6. The molecule has 3 rings (SSSR count). The fraction of sp³-hybridized carbons (Fsp3) is 0.278. The normalized spacial score (nSPS) is 16.6. The van der Waals surface area contributed by atoms with E-state index in [-0.39, 0.29) is 11.2 Å². The quantitative estimate of drug-likeness (QED) is 0.937. The summed E-state index contributed by atoms with van der Waals surface area (Å²) in [5.74, 6) is 0.135. The van der Waals surface area contributed by atoms with Crippen LogP contribution in [0.3, 0.4) is 0 Å². The maximum Gasteiger partial charge on any atom is 0.234 e. The van der Waals surface area contributed by atoms with Crippen molar-refractivity contribution in [2.75, 3.05) is 0 Å². The molecule has 1 aliphatic heterocycles. The van der Waals surface area contributed by atoms with E-state index in [1.165, 1.54) is 27.1 Å². The van der Waals surface area contributed by atoms with Gasteiger partial charge >= 0.3 is 0 Å². The van der Waals surface area contributed by atoms with Crippen LogP contribution in [0.5, 0.6) is 0 Å². The molecular weight excluding hydrogens is 278 g/mol. The Kier molecular flexibility index (Phi) is 4.02. The lowest BCUT2D eigenvalue weighted by Gasteiger charge is -2.12. The lowest BCUT2D eigenvalue weighted by Crippen LogP contribution is -2.32. The van der Waals surface area contributed by atoms with Crippen molar-refractivity contribution in [3.63, 3.8) is 0 Å². The van der Waals surface area contributed by atoms with Crippen molar-refractivity contribution in [3.05, 3.63) is 64.7 Å². The minimum atomic E-state index is 0.00755. The van der Waals surface area contributed by atoms with E-state index >= 15 is 0 Å². The van der Waals surface area contributed by atoms with E-state index in [1.807, 2.05) is 12.1 Å². The highest BCUT2D eigenvalue weighted by atomic mass is 32.2. The van der Waals surface area contributed by atoms with E-state index in [9.17, 15) is 4.79 Å². The first-order valence-electron chi connectivity index (χ1n) is 7.22. The summed E-state index contributed by atoms with van der Waals surface area (Å²) >= 11 is 1.67. The third-order valence-electron chi connectivity index (χ3n) is 3.89. The van der Waals surface area contributed by atoms with Crippen molar-refractivity contribution >= 4 is 17.7 Å². The molecule has 1 unspecified atom stereocenters. The first-order chi connectivity index (χ1) is 10.1. The Morgan fingerprint density at radius 3 is 2.81 bits per heavy atom. The molecule has 21 heavy (non-hydrogen) atoms. The lowest BCUT2D eigenvalue weighted by atomic mass is 10.1. The molecule has 2 aromatic carbocycles. The van der Waals surface area contributed by atoms with Gasteiger partial charge in [0, 0.05) is 11.4 Å². The maximum atomic E-state index is 12.3. The number of aryl methyl sites for hydroxylation is 2. The van der Waals surface area contributed by atoms with Gasteiger partial charge in [0.2, 0.25) is 5.91 Å². The van der Waals surface area contributed by atoms with E-state index in [0.717, 1.165) is 6.42 Å². The van der Waals surface area contributed by atoms with Crippen LogP contribution < -0.4 is 5.32 Å². The third-order valence-corrected chi connectivity index (χ3v) is 5.21. The van der Waals surface area contributed by atoms with E-state index < -0.39 is 0 Å². The summed E-state index contributed by atoms with van der Waals surface area (Å²) in [7, 11) is 0. The van der Waals surface area contributed by atoms with Crippen LogP contribution in [0.4, 0.5) is 0 Å². The molecule has 1 aliphatic rings. The van der Waals surface area contributed by atoms with Gasteiger partial charge in [-0.1, -0.05) is 42.0 Å². The van der Waals surface area contributed by atoms with Crippen LogP contribution in [-0.4, -0.2) is 11.2 Å². The average molecular weight is 297 g/mol. The first kappa shape index (κ1) is 14.2. The van der Waals surface area contributed by atoms with Crippen molar-refractivity contribution in [1.29, 1.82) is 0 Å². The van der Waals surface area contributed by atoms with Gasteiger partial charge in [0.05, 0.1) is 5.25 Å². The molecule has 1 atom stereocenters. The molecule has 1 amide bonds. The summed E-state index contributed by atoms with van der Waals surface area (Å²) in [4.78, 5) is 13.6. The number of amides is 1. The Labute approximate surface area is 130 Å². The van der Waals surface area contributed by atoms with Gasteiger partial charge in [0.25, 0.3) is 0 Å². The molecule has 0 saturated carbocycles. The predicted octanol–water partition coefficient (Wildman–Crippen LogP) is 3.64. The minimum Gasteiger partial charge on any atom is -0.351 e. The molecule has 1 heterocycles. The summed E-state index contributed by atoms with van der Waals surface area (Å²) in [5.41, 5.74) is 4.96. The number of nitrogens with one attached hydrogen (secondary N) is 1. The molecule has 0 fully saturated rings. The molecule has 1 N–H and O–H groups in total. The van der Waals surface area contributed by atoms with Crippen LogP contribution in [-0.2, 0) is 17.8 Å². The number of hydrogen-bond donors (Lipinski definition) is 1. The van der Waals surface area contributed by atoms with Crippen LogP contribution in [0.1, 0.15) is 22.3 Å². The molecular formula is C18H19NOS. The van der Waals surface area contributed by atoms with Gasteiger partial charge in [0.15, 0.2) is 0 Å². The number of hydrogen-bond acceptors (Lipinski definition) is 2. The van der Waals surface area contributed by atoms with Crippen LogP contribution in [0.25, 0.3) is 0 Å². The monoisotopic (exact) mass is 297 g/mol. The zero-order valence-corrected chi connectivity index (χ0v) is 13.2. The van der Waals surface area contributed by atoms with Crippen LogP contribution in [0, 0.1) is 13.8 Å². The number of carbonyl (C=O) groups is 1. The van der Waals surface area contributed by atoms with Crippen LogP contribution in [0.2, 0.25) is 0 Å². The van der Waals surface area contributed by atoms with Gasteiger partial charge in [0.1, 0.15) is 0 Å². The molecule has 0 spiro atoms. The molecule has 3 heteroatoms. The van der Waals surface area contributed by atoms with Crippen molar-refractivity contribution in [2.45, 2.75) is 37.0 Å². The minimum absolute atomic E-state index is 0.00755. The number of benzene rings is 2. The van der Waals surface area contributed by atoms with E-state index in [4.69, 9.17) is 0 Å². The molecule has 0 aromatic heterocycles. The smallest absolute Gasteiger partial charge is 0.234 e. The van der Waals surface area contributed by atoms with Gasteiger partial charge in [-0.05, 0) is 43.0 Å². The second-order valence-corrected chi connectivity index (χ2v) is 6.81. The Hall–Kier alpha value is -1.74. The molecule has 108 valence electrons. The number of thioether (sulfide) groups is 1. The highest BCUT2D eigenvalue weighted by Gasteiger charge is 2.27. The molecule has 0 aliphatic carbocycles. The standard InChI is InChI=1S/C18H19NOS/c1-12-7-8-15(13(2)9-12)11-19-18(20)17-10-14-5-3-4-6-16(14)21-17/h3-9,17H,10-11H2,1-2H3,(H,19,20). The Morgan fingerprint density at radius 1 is 1.24 bits per heavy atom. The number of fused-ring (bicyclic) bond motifs is 1. The summed E-state index contributed by atoms with van der Waals surface area (Å²) < 4.78 is 0. The summed E-state index contributed by atoms with van der Waals surface area (Å²) in [5, 5.41) is 3.08. The predicted molar refractivity (Wildman–Crippen MR) is 87.6 cm³/mol. The fourth-order valence-electron chi connectivity index (χ4n) is 2.67. The van der Waals surface area contributed by atoms with Gasteiger partial charge < -0.3 is 5.32 Å². The summed E-state index contributed by atoms with van der Waals surface area (Å²) in [6.07, 6.45) is 0.833. The summed E-state index contributed by atoms with van der Waals surface area (Å²) in [6.45, 7) is 4.79. The van der Waals surface area contributed by atoms with Crippen molar-refractivity contribution in [3.8, 4) is 0 Å². The Morgan fingerprint density at radius 2 is 2.05 bits per heavy atom. The molecule has 0 bridgehead atoms. The van der Waals surface area contributed by atoms with Crippen LogP contribution >= 0.6 is 11.8 Å². The van der Waals surface area contributed by atoms with Crippen molar-refractivity contribution in [1.82, 2.24) is 5.32 Å². The number of rotatable bonds is 3. The molecule has 0 radical (unpaired) electrons. The Balaban J connectivity index is 1.61. The SMILES string of the molecule is Cc1ccc(CNC(=O)C2Cc3ccccc3S2)c(C)c1. The second-order valence-electron chi connectivity index (χ2n) is 5.57. The molecule has 0 saturated heterocycles. The second kappa shape index (κ2) is 5.94. The zero-order chi connectivity index (χ0) is 14.8. The van der Waals surface area contributed by atoms with Gasteiger partial charge in [-0.15, -0.1) is 11.8 Å². The largest absolute Gasteiger partial charge is 0.351 e. The highest BCUT2D eigenvalue weighted by molar-refractivity contribution is 8.01. The fourth-order valence-corrected chi connectivity index (χ4v) is 3.89. The van der Waals surface area contributed by atoms with Crippen LogP contribution in [0.15, 0.2) is 47.4 Å².